The molecular formula is C16H11Cl2N3O4. The summed E-state index contributed by atoms with van der Waals surface area (Å²) >= 11 is 11.8. The summed E-state index contributed by atoms with van der Waals surface area (Å²) in [4.78, 5) is 40.3. The lowest BCUT2D eigenvalue weighted by Crippen LogP contribution is -2.21. The molecule has 0 fully saturated rings. The molecule has 1 heterocycles. The van der Waals surface area contributed by atoms with Crippen LogP contribution >= 0.6 is 23.2 Å². The molecule has 9 heteroatoms. The van der Waals surface area contributed by atoms with E-state index in [1.54, 1.807) is 24.3 Å². The number of hydrogen-bond acceptors (Lipinski definition) is 4. The molecule has 25 heavy (non-hydrogen) atoms. The molecule has 0 bridgehead atoms. The first-order valence-corrected chi connectivity index (χ1v) is 7.82. The van der Waals surface area contributed by atoms with Gasteiger partial charge in [-0.1, -0.05) is 29.3 Å². The summed E-state index contributed by atoms with van der Waals surface area (Å²) in [6.45, 7) is -0.497. The molecule has 3 rings (SSSR count). The highest BCUT2D eigenvalue weighted by molar-refractivity contribution is 6.43. The Bertz CT molecular complexity index is 1030. The third-order valence-electron chi connectivity index (χ3n) is 3.31. The minimum atomic E-state index is -0.756. The molecule has 0 unspecified atom stereocenters. The largest absolute Gasteiger partial charge is 0.452 e. The van der Waals surface area contributed by atoms with E-state index in [1.807, 2.05) is 0 Å². The van der Waals surface area contributed by atoms with E-state index in [1.165, 1.54) is 12.1 Å². The topological polar surface area (TPSA) is 104 Å². The lowest BCUT2D eigenvalue weighted by molar-refractivity contribution is -0.119. The number of fused-ring (bicyclic) bond motifs is 1. The van der Waals surface area contributed by atoms with Gasteiger partial charge in [0.05, 0.1) is 26.6 Å². The molecule has 0 atom stereocenters. The van der Waals surface area contributed by atoms with Crippen LogP contribution in [0.3, 0.4) is 0 Å². The van der Waals surface area contributed by atoms with E-state index in [0.717, 1.165) is 0 Å². The number of amides is 1. The van der Waals surface area contributed by atoms with Gasteiger partial charge < -0.3 is 20.0 Å². The number of aromatic nitrogens is 2. The summed E-state index contributed by atoms with van der Waals surface area (Å²) in [6, 6.07) is 9.37. The number of ether oxygens (including phenoxy) is 1. The van der Waals surface area contributed by atoms with Crippen LogP contribution in [0.4, 0.5) is 5.69 Å². The standard InChI is InChI=1S/C16H11Cl2N3O4/c17-10-3-1-2-9(14(10)18)15(23)25-7-13(22)19-8-4-5-11-12(6-8)21-16(24)20-11/h1-6H,7H2,(H,19,22)(H2,20,21,24). The van der Waals surface area contributed by atoms with Crippen LogP contribution in [-0.2, 0) is 9.53 Å². The van der Waals surface area contributed by atoms with Crippen LogP contribution in [0.2, 0.25) is 10.0 Å². The van der Waals surface area contributed by atoms with Crippen molar-refractivity contribution < 1.29 is 14.3 Å². The Labute approximate surface area is 150 Å². The second-order valence-electron chi connectivity index (χ2n) is 5.07. The van der Waals surface area contributed by atoms with Crippen molar-refractivity contribution in [2.45, 2.75) is 0 Å². The van der Waals surface area contributed by atoms with Crippen molar-refractivity contribution in [1.29, 1.82) is 0 Å². The molecule has 3 N–H and O–H groups in total. The first-order chi connectivity index (χ1) is 11.9. The molecule has 2 aromatic carbocycles. The highest BCUT2D eigenvalue weighted by atomic mass is 35.5. The Morgan fingerprint density at radius 3 is 2.64 bits per heavy atom. The molecule has 7 nitrogen and oxygen atoms in total. The molecule has 128 valence electrons. The van der Waals surface area contributed by atoms with Gasteiger partial charge in [0.15, 0.2) is 6.61 Å². The molecule has 0 aliphatic rings. The number of carbonyl (C=O) groups is 2. The maximum Gasteiger partial charge on any atom is 0.340 e. The summed E-state index contributed by atoms with van der Waals surface area (Å²) in [5.74, 6) is -1.29. The number of halogens is 2. The van der Waals surface area contributed by atoms with Crippen molar-refractivity contribution in [3.8, 4) is 0 Å². The second kappa shape index (κ2) is 7.00. The van der Waals surface area contributed by atoms with E-state index in [-0.39, 0.29) is 21.3 Å². The number of hydrogen-bond donors (Lipinski definition) is 3. The Balaban J connectivity index is 1.62. The third kappa shape index (κ3) is 3.84. The highest BCUT2D eigenvalue weighted by Crippen LogP contribution is 2.26. The van der Waals surface area contributed by atoms with Gasteiger partial charge in [0.25, 0.3) is 5.91 Å². The number of nitrogens with one attached hydrogen (secondary N) is 3. The number of aromatic amines is 2. The van der Waals surface area contributed by atoms with Crippen LogP contribution in [-0.4, -0.2) is 28.5 Å². The monoisotopic (exact) mass is 379 g/mol. The number of imidazole rings is 1. The molecule has 0 aliphatic carbocycles. The second-order valence-corrected chi connectivity index (χ2v) is 5.85. The van der Waals surface area contributed by atoms with Gasteiger partial charge in [0, 0.05) is 5.69 Å². The number of H-pyrrole nitrogens is 2. The average molecular weight is 380 g/mol. The predicted octanol–water partition coefficient (Wildman–Crippen LogP) is 2.96. The van der Waals surface area contributed by atoms with Crippen LogP contribution in [0, 0.1) is 0 Å². The minimum absolute atomic E-state index is 0.0661. The lowest BCUT2D eigenvalue weighted by Gasteiger charge is -2.08. The van der Waals surface area contributed by atoms with Crippen molar-refractivity contribution in [3.05, 3.63) is 62.5 Å². The summed E-state index contributed by atoms with van der Waals surface area (Å²) < 4.78 is 4.93. The average Bonchev–Trinajstić information content (AvgIpc) is 2.94. The fourth-order valence-corrected chi connectivity index (χ4v) is 2.56. The number of esters is 1. The normalized spacial score (nSPS) is 10.6. The van der Waals surface area contributed by atoms with Crippen molar-refractivity contribution in [3.63, 3.8) is 0 Å². The van der Waals surface area contributed by atoms with Gasteiger partial charge in [-0.15, -0.1) is 0 Å². The number of carbonyl (C=O) groups excluding carboxylic acids is 2. The minimum Gasteiger partial charge on any atom is -0.452 e. The molecule has 0 radical (unpaired) electrons. The van der Waals surface area contributed by atoms with E-state index in [2.05, 4.69) is 15.3 Å². The molecule has 1 amide bonds. The maximum atomic E-state index is 12.0. The molecule has 0 spiro atoms. The summed E-state index contributed by atoms with van der Waals surface area (Å²) in [6.07, 6.45) is 0. The van der Waals surface area contributed by atoms with Crippen molar-refractivity contribution in [2.24, 2.45) is 0 Å². The van der Waals surface area contributed by atoms with Crippen LogP contribution in [0.1, 0.15) is 10.4 Å². The van der Waals surface area contributed by atoms with Gasteiger partial charge in [0.2, 0.25) is 0 Å². The Hall–Kier alpha value is -2.77. The van der Waals surface area contributed by atoms with E-state index in [9.17, 15) is 14.4 Å². The molecular weight excluding hydrogens is 369 g/mol. The van der Waals surface area contributed by atoms with Gasteiger partial charge in [-0.25, -0.2) is 9.59 Å². The molecule has 3 aromatic rings. The number of benzene rings is 2. The van der Waals surface area contributed by atoms with E-state index in [4.69, 9.17) is 27.9 Å². The Morgan fingerprint density at radius 2 is 1.84 bits per heavy atom. The fourth-order valence-electron chi connectivity index (χ4n) is 2.18. The number of rotatable bonds is 4. The zero-order valence-corrected chi connectivity index (χ0v) is 14.1. The van der Waals surface area contributed by atoms with Gasteiger partial charge in [-0.2, -0.15) is 0 Å². The zero-order chi connectivity index (χ0) is 18.0. The van der Waals surface area contributed by atoms with E-state index < -0.39 is 18.5 Å². The summed E-state index contributed by atoms with van der Waals surface area (Å²) in [7, 11) is 0. The fraction of sp³-hybridized carbons (Fsp3) is 0.0625. The molecule has 0 saturated heterocycles. The van der Waals surface area contributed by atoms with Gasteiger partial charge >= 0.3 is 11.7 Å². The summed E-state index contributed by atoms with van der Waals surface area (Å²) in [5, 5.41) is 2.85. The first kappa shape index (κ1) is 17.1. The van der Waals surface area contributed by atoms with Crippen LogP contribution in [0.5, 0.6) is 0 Å². The van der Waals surface area contributed by atoms with Gasteiger partial charge in [-0.3, -0.25) is 4.79 Å². The lowest BCUT2D eigenvalue weighted by atomic mass is 10.2. The first-order valence-electron chi connectivity index (χ1n) is 7.07. The highest BCUT2D eigenvalue weighted by Gasteiger charge is 2.15. The zero-order valence-electron chi connectivity index (χ0n) is 12.6. The van der Waals surface area contributed by atoms with Crippen LogP contribution in [0.15, 0.2) is 41.2 Å². The van der Waals surface area contributed by atoms with Crippen LogP contribution < -0.4 is 11.0 Å². The maximum absolute atomic E-state index is 12.0. The Morgan fingerprint density at radius 1 is 1.08 bits per heavy atom. The van der Waals surface area contributed by atoms with Gasteiger partial charge in [0.1, 0.15) is 0 Å². The Kier molecular flexibility index (Phi) is 4.78. The molecule has 0 aliphatic heterocycles. The van der Waals surface area contributed by atoms with E-state index >= 15 is 0 Å². The van der Waals surface area contributed by atoms with Crippen molar-refractivity contribution in [1.82, 2.24) is 9.97 Å². The van der Waals surface area contributed by atoms with Crippen LogP contribution in [0.25, 0.3) is 11.0 Å². The van der Waals surface area contributed by atoms with Crippen molar-refractivity contribution in [2.75, 3.05) is 11.9 Å². The van der Waals surface area contributed by atoms with Gasteiger partial charge in [-0.05, 0) is 30.3 Å². The predicted molar refractivity (Wildman–Crippen MR) is 94.3 cm³/mol. The SMILES string of the molecule is O=C(COC(=O)c1cccc(Cl)c1Cl)Nc1ccc2[nH]c(=O)[nH]c2c1. The molecule has 1 aromatic heterocycles. The van der Waals surface area contributed by atoms with Crippen molar-refractivity contribution >= 4 is 51.8 Å². The number of anilines is 1. The molecule has 0 saturated carbocycles. The summed E-state index contributed by atoms with van der Waals surface area (Å²) in [5.41, 5.74) is 1.35. The third-order valence-corrected chi connectivity index (χ3v) is 4.12. The smallest absolute Gasteiger partial charge is 0.340 e. The quantitative estimate of drug-likeness (QED) is 0.606. The van der Waals surface area contributed by atoms with E-state index in [0.29, 0.717) is 16.7 Å².